The first-order valence-corrected chi connectivity index (χ1v) is 7.44. The Hall–Kier alpha value is -2.10. The normalized spacial score (nSPS) is 22.0. The Morgan fingerprint density at radius 3 is 2.71 bits per heavy atom. The van der Waals surface area contributed by atoms with Crippen molar-refractivity contribution in [1.29, 1.82) is 0 Å². The van der Waals surface area contributed by atoms with E-state index in [1.54, 1.807) is 0 Å². The van der Waals surface area contributed by atoms with E-state index in [0.29, 0.717) is 6.42 Å². The number of allylic oxidation sites excluding steroid dienone is 2. The highest BCUT2D eigenvalue weighted by Gasteiger charge is 2.33. The van der Waals surface area contributed by atoms with E-state index in [1.165, 1.54) is 0 Å². The Bertz CT molecular complexity index is 700. The number of nitrogens with zero attached hydrogens (tertiary/aromatic N) is 2. The van der Waals surface area contributed by atoms with Gasteiger partial charge in [-0.15, -0.1) is 0 Å². The summed E-state index contributed by atoms with van der Waals surface area (Å²) < 4.78 is 2.19. The molecule has 0 saturated heterocycles. The summed E-state index contributed by atoms with van der Waals surface area (Å²) in [5.41, 5.74) is 2.03. The molecule has 0 bridgehead atoms. The molecule has 1 aliphatic carbocycles. The number of rotatable bonds is 3. The highest BCUT2D eigenvalue weighted by atomic mass is 16.4. The quantitative estimate of drug-likeness (QED) is 0.873. The third-order valence-electron chi connectivity index (χ3n) is 4.22. The molecule has 0 fully saturated rings. The number of carboxylic acids is 1. The molecule has 2 aromatic rings. The number of carbonyl (C=O) groups is 1. The molecule has 110 valence electrons. The fraction of sp³-hybridized carbons (Fsp3) is 0.412. The van der Waals surface area contributed by atoms with Crippen LogP contribution >= 0.6 is 0 Å². The predicted molar refractivity (Wildman–Crippen MR) is 82.4 cm³/mol. The second-order valence-electron chi connectivity index (χ2n) is 5.92. The van der Waals surface area contributed by atoms with Crippen LogP contribution in [-0.2, 0) is 4.79 Å². The second kappa shape index (κ2) is 5.35. The van der Waals surface area contributed by atoms with E-state index in [4.69, 9.17) is 4.98 Å². The lowest BCUT2D eigenvalue weighted by molar-refractivity contribution is -0.142. The zero-order chi connectivity index (χ0) is 15.0. The number of carboxylic acid groups (broad SMARTS) is 1. The van der Waals surface area contributed by atoms with Crippen molar-refractivity contribution in [2.75, 3.05) is 0 Å². The maximum atomic E-state index is 11.6. The van der Waals surface area contributed by atoms with Crippen molar-refractivity contribution in [2.24, 2.45) is 5.92 Å². The molecule has 0 radical (unpaired) electrons. The molecule has 0 aliphatic heterocycles. The lowest BCUT2D eigenvalue weighted by Gasteiger charge is -2.26. The average molecular weight is 284 g/mol. The zero-order valence-electron chi connectivity index (χ0n) is 12.4. The number of hydrogen-bond acceptors (Lipinski definition) is 2. The van der Waals surface area contributed by atoms with Gasteiger partial charge in [0, 0.05) is 12.0 Å². The Morgan fingerprint density at radius 1 is 1.29 bits per heavy atom. The van der Waals surface area contributed by atoms with Gasteiger partial charge in [-0.05, 0) is 38.8 Å². The maximum absolute atomic E-state index is 11.6. The molecule has 0 amide bonds. The van der Waals surface area contributed by atoms with Gasteiger partial charge in [0.1, 0.15) is 5.82 Å². The van der Waals surface area contributed by atoms with Gasteiger partial charge in [-0.25, -0.2) is 4.98 Å². The molecule has 3 rings (SSSR count). The number of para-hydroxylation sites is 2. The molecule has 1 aliphatic rings. The van der Waals surface area contributed by atoms with Crippen molar-refractivity contribution in [1.82, 2.24) is 9.55 Å². The zero-order valence-corrected chi connectivity index (χ0v) is 12.4. The number of imidazole rings is 1. The van der Waals surface area contributed by atoms with Gasteiger partial charge >= 0.3 is 5.97 Å². The first-order chi connectivity index (χ1) is 10.1. The Kier molecular flexibility index (Phi) is 3.53. The van der Waals surface area contributed by atoms with Gasteiger partial charge in [0.2, 0.25) is 0 Å². The van der Waals surface area contributed by atoms with Gasteiger partial charge in [-0.3, -0.25) is 4.79 Å². The molecule has 1 heterocycles. The molecular weight excluding hydrogens is 264 g/mol. The van der Waals surface area contributed by atoms with Crippen LogP contribution in [0.5, 0.6) is 0 Å². The van der Waals surface area contributed by atoms with Crippen molar-refractivity contribution in [3.63, 3.8) is 0 Å². The van der Waals surface area contributed by atoms with Crippen molar-refractivity contribution in [3.8, 4) is 0 Å². The summed E-state index contributed by atoms with van der Waals surface area (Å²) in [6.45, 7) is 4.23. The summed E-state index contributed by atoms with van der Waals surface area (Å²) in [7, 11) is 0. The Balaban J connectivity index is 2.16. The molecule has 0 spiro atoms. The first-order valence-electron chi connectivity index (χ1n) is 7.44. The highest BCUT2D eigenvalue weighted by molar-refractivity contribution is 5.77. The fourth-order valence-electron chi connectivity index (χ4n) is 3.24. The van der Waals surface area contributed by atoms with Gasteiger partial charge in [0.05, 0.1) is 17.0 Å². The van der Waals surface area contributed by atoms with Crippen molar-refractivity contribution in [3.05, 3.63) is 42.2 Å². The lowest BCUT2D eigenvalue weighted by atomic mass is 9.82. The number of benzene rings is 1. The predicted octanol–water partition coefficient (Wildman–Crippen LogP) is 3.75. The molecule has 1 aromatic carbocycles. The number of hydrogen-bond donors (Lipinski definition) is 1. The van der Waals surface area contributed by atoms with Gasteiger partial charge in [0.25, 0.3) is 0 Å². The number of fused-ring (bicyclic) bond motifs is 1. The van der Waals surface area contributed by atoms with Crippen molar-refractivity contribution >= 4 is 17.0 Å². The maximum Gasteiger partial charge on any atom is 0.307 e. The molecule has 0 saturated carbocycles. The summed E-state index contributed by atoms with van der Waals surface area (Å²) in [5.74, 6) is -0.263. The summed E-state index contributed by atoms with van der Waals surface area (Å²) in [4.78, 5) is 16.3. The minimum Gasteiger partial charge on any atom is -0.481 e. The molecule has 4 nitrogen and oxygen atoms in total. The monoisotopic (exact) mass is 284 g/mol. The molecule has 4 heteroatoms. The van der Waals surface area contributed by atoms with E-state index in [2.05, 4.69) is 30.6 Å². The topological polar surface area (TPSA) is 55.1 Å². The fourth-order valence-corrected chi connectivity index (χ4v) is 3.24. The van der Waals surface area contributed by atoms with Crippen LogP contribution in [-0.4, -0.2) is 20.6 Å². The van der Waals surface area contributed by atoms with E-state index in [-0.39, 0.29) is 17.9 Å². The summed E-state index contributed by atoms with van der Waals surface area (Å²) in [6.07, 6.45) is 5.38. The minimum atomic E-state index is -0.730. The largest absolute Gasteiger partial charge is 0.481 e. The van der Waals surface area contributed by atoms with Crippen LogP contribution in [0, 0.1) is 5.92 Å². The van der Waals surface area contributed by atoms with Crippen LogP contribution in [0.1, 0.15) is 44.5 Å². The SMILES string of the molecule is CC(C)n1c([C@@H]2CC=CC[C@@H]2C(=O)O)nc2ccccc21. The molecule has 1 aromatic heterocycles. The van der Waals surface area contributed by atoms with E-state index in [0.717, 1.165) is 23.3 Å². The molecular formula is C17H20N2O2. The summed E-state index contributed by atoms with van der Waals surface area (Å²) in [5, 5.41) is 9.50. The average Bonchev–Trinajstić information content (AvgIpc) is 2.86. The lowest BCUT2D eigenvalue weighted by Crippen LogP contribution is -2.26. The third-order valence-corrected chi connectivity index (χ3v) is 4.22. The number of aliphatic carboxylic acids is 1. The van der Waals surface area contributed by atoms with Crippen LogP contribution in [0.15, 0.2) is 36.4 Å². The summed E-state index contributed by atoms with van der Waals surface area (Å²) >= 11 is 0. The van der Waals surface area contributed by atoms with E-state index >= 15 is 0 Å². The number of aromatic nitrogens is 2. The van der Waals surface area contributed by atoms with Crippen LogP contribution in [0.25, 0.3) is 11.0 Å². The van der Waals surface area contributed by atoms with E-state index in [9.17, 15) is 9.90 Å². The van der Waals surface area contributed by atoms with Crippen LogP contribution < -0.4 is 0 Å². The second-order valence-corrected chi connectivity index (χ2v) is 5.92. The van der Waals surface area contributed by atoms with E-state index in [1.807, 2.05) is 24.3 Å². The minimum absolute atomic E-state index is 0.0534. The van der Waals surface area contributed by atoms with Crippen molar-refractivity contribution < 1.29 is 9.90 Å². The van der Waals surface area contributed by atoms with Gasteiger partial charge in [-0.2, -0.15) is 0 Å². The van der Waals surface area contributed by atoms with E-state index < -0.39 is 5.97 Å². The third kappa shape index (κ3) is 2.35. The standard InChI is InChI=1S/C17H20N2O2/c1-11(2)19-15-10-6-5-9-14(15)18-16(19)12-7-3-4-8-13(12)17(20)21/h3-6,9-13H,7-8H2,1-2H3,(H,20,21)/t12-,13+/m1/s1. The van der Waals surface area contributed by atoms with Gasteiger partial charge in [-0.1, -0.05) is 24.3 Å². The highest BCUT2D eigenvalue weighted by Crippen LogP contribution is 2.37. The Morgan fingerprint density at radius 2 is 2.00 bits per heavy atom. The molecule has 0 unspecified atom stereocenters. The van der Waals surface area contributed by atoms with Gasteiger partial charge in [0.15, 0.2) is 0 Å². The van der Waals surface area contributed by atoms with Gasteiger partial charge < -0.3 is 9.67 Å². The summed E-state index contributed by atoms with van der Waals surface area (Å²) in [6, 6.07) is 8.28. The van der Waals surface area contributed by atoms with Crippen molar-refractivity contribution in [2.45, 2.75) is 38.6 Å². The first kappa shape index (κ1) is 13.9. The molecule has 1 N–H and O–H groups in total. The van der Waals surface area contributed by atoms with Crippen LogP contribution in [0.4, 0.5) is 0 Å². The molecule has 2 atom stereocenters. The Labute approximate surface area is 124 Å². The van der Waals surface area contributed by atoms with Crippen LogP contribution in [0.3, 0.4) is 0 Å². The smallest absolute Gasteiger partial charge is 0.307 e. The van der Waals surface area contributed by atoms with Crippen LogP contribution in [0.2, 0.25) is 0 Å². The molecule has 21 heavy (non-hydrogen) atoms.